The van der Waals surface area contributed by atoms with Gasteiger partial charge in [-0.15, -0.1) is 11.3 Å². The van der Waals surface area contributed by atoms with Crippen molar-refractivity contribution in [3.63, 3.8) is 0 Å². The van der Waals surface area contributed by atoms with Gasteiger partial charge in [-0.05, 0) is 36.9 Å². The number of thiophene rings is 1. The number of nitrogens with zero attached hydrogens (tertiary/aromatic N) is 1. The van der Waals surface area contributed by atoms with Gasteiger partial charge in [0.15, 0.2) is 0 Å². The van der Waals surface area contributed by atoms with Crippen molar-refractivity contribution >= 4 is 46.1 Å². The summed E-state index contributed by atoms with van der Waals surface area (Å²) >= 11 is 7.46. The second-order valence-corrected chi connectivity index (χ2v) is 7.12. The number of amides is 2. The molecule has 2 N–H and O–H groups in total. The topological polar surface area (TPSA) is 61.4 Å². The van der Waals surface area contributed by atoms with Gasteiger partial charge in [-0.25, -0.2) is 0 Å². The quantitative estimate of drug-likeness (QED) is 0.784. The number of anilines is 2. The monoisotopic (exact) mass is 365 g/mol. The van der Waals surface area contributed by atoms with Crippen LogP contribution in [0.4, 0.5) is 11.4 Å². The van der Waals surface area contributed by atoms with Crippen LogP contribution in [-0.4, -0.2) is 29.8 Å². The Morgan fingerprint density at radius 3 is 2.46 bits per heavy atom. The first kappa shape index (κ1) is 18.4. The van der Waals surface area contributed by atoms with Crippen LogP contribution in [0.25, 0.3) is 0 Å². The second-order valence-electron chi connectivity index (χ2n) is 5.32. The highest BCUT2D eigenvalue weighted by Crippen LogP contribution is 2.22. The number of rotatable bonds is 7. The van der Waals surface area contributed by atoms with Crippen LogP contribution in [-0.2, 0) is 16.1 Å². The molecule has 0 saturated carbocycles. The molecule has 2 rings (SSSR count). The van der Waals surface area contributed by atoms with Crippen LogP contribution < -0.4 is 10.6 Å². The molecule has 7 heteroatoms. The molecule has 0 bridgehead atoms. The molecule has 5 nitrogen and oxygen atoms in total. The van der Waals surface area contributed by atoms with Crippen molar-refractivity contribution in [2.24, 2.45) is 0 Å². The average molecular weight is 366 g/mol. The summed E-state index contributed by atoms with van der Waals surface area (Å²) in [5, 5.41) is 5.55. The Balaban J connectivity index is 1.92. The molecule has 0 spiro atoms. The highest BCUT2D eigenvalue weighted by atomic mass is 35.5. The summed E-state index contributed by atoms with van der Waals surface area (Å²) in [4.78, 5) is 26.5. The number of nitrogens with one attached hydrogen (secondary N) is 2. The van der Waals surface area contributed by atoms with Gasteiger partial charge in [0.1, 0.15) is 0 Å². The predicted molar refractivity (Wildman–Crippen MR) is 99.7 cm³/mol. The number of hydrogen-bond acceptors (Lipinski definition) is 4. The molecule has 0 aliphatic carbocycles. The Bertz CT molecular complexity index is 717. The van der Waals surface area contributed by atoms with E-state index in [1.165, 1.54) is 18.3 Å². The van der Waals surface area contributed by atoms with Gasteiger partial charge in [0, 0.05) is 29.7 Å². The molecule has 0 radical (unpaired) electrons. The zero-order valence-electron chi connectivity index (χ0n) is 13.6. The summed E-state index contributed by atoms with van der Waals surface area (Å²) in [5.41, 5.74) is 1.31. The minimum atomic E-state index is -0.148. The summed E-state index contributed by atoms with van der Waals surface area (Å²) < 4.78 is 0.750. The lowest BCUT2D eigenvalue weighted by Crippen LogP contribution is -2.32. The van der Waals surface area contributed by atoms with E-state index in [9.17, 15) is 9.59 Å². The van der Waals surface area contributed by atoms with Crippen molar-refractivity contribution in [1.82, 2.24) is 4.90 Å². The third kappa shape index (κ3) is 5.96. The summed E-state index contributed by atoms with van der Waals surface area (Å²) in [6, 6.07) is 10.9. The molecule has 0 unspecified atom stereocenters. The molecule has 0 aliphatic heterocycles. The van der Waals surface area contributed by atoms with Gasteiger partial charge in [-0.2, -0.15) is 0 Å². The molecule has 128 valence electrons. The van der Waals surface area contributed by atoms with Crippen LogP contribution in [0.3, 0.4) is 0 Å². The molecule has 1 aromatic heterocycles. The van der Waals surface area contributed by atoms with Crippen molar-refractivity contribution in [2.75, 3.05) is 23.7 Å². The minimum Gasteiger partial charge on any atom is -0.326 e. The van der Waals surface area contributed by atoms with Crippen LogP contribution in [0.2, 0.25) is 4.34 Å². The fraction of sp³-hybridized carbons (Fsp3) is 0.294. The number of hydrogen-bond donors (Lipinski definition) is 2. The summed E-state index contributed by atoms with van der Waals surface area (Å²) in [7, 11) is 0. The van der Waals surface area contributed by atoms with Crippen LogP contribution in [0, 0.1) is 0 Å². The molecular weight excluding hydrogens is 346 g/mol. The van der Waals surface area contributed by atoms with E-state index in [-0.39, 0.29) is 18.4 Å². The maximum atomic E-state index is 12.2. The zero-order valence-corrected chi connectivity index (χ0v) is 15.2. The van der Waals surface area contributed by atoms with Crippen molar-refractivity contribution in [3.8, 4) is 0 Å². The molecule has 2 amide bonds. The summed E-state index contributed by atoms with van der Waals surface area (Å²) in [6.45, 7) is 5.19. The first-order chi connectivity index (χ1) is 11.5. The Kier molecular flexibility index (Phi) is 6.78. The smallest absolute Gasteiger partial charge is 0.238 e. The lowest BCUT2D eigenvalue weighted by Gasteiger charge is -2.19. The number of benzene rings is 1. The molecule has 1 heterocycles. The van der Waals surface area contributed by atoms with E-state index < -0.39 is 0 Å². The van der Waals surface area contributed by atoms with Crippen molar-refractivity contribution in [1.29, 1.82) is 0 Å². The lowest BCUT2D eigenvalue weighted by atomic mass is 10.2. The van der Waals surface area contributed by atoms with Gasteiger partial charge < -0.3 is 10.6 Å². The number of likely N-dealkylation sites (N-methyl/N-ethyl adjacent to an activating group) is 1. The molecule has 24 heavy (non-hydrogen) atoms. The van der Waals surface area contributed by atoms with E-state index in [1.54, 1.807) is 24.3 Å². The number of halogens is 1. The van der Waals surface area contributed by atoms with E-state index in [0.29, 0.717) is 17.9 Å². The third-order valence-electron chi connectivity index (χ3n) is 3.29. The van der Waals surface area contributed by atoms with Gasteiger partial charge in [0.2, 0.25) is 11.8 Å². The highest BCUT2D eigenvalue weighted by molar-refractivity contribution is 7.16. The van der Waals surface area contributed by atoms with Crippen molar-refractivity contribution < 1.29 is 9.59 Å². The van der Waals surface area contributed by atoms with E-state index in [4.69, 9.17) is 11.6 Å². The van der Waals surface area contributed by atoms with Crippen molar-refractivity contribution in [2.45, 2.75) is 20.4 Å². The molecular formula is C17H20ClN3O2S. The zero-order chi connectivity index (χ0) is 17.5. The maximum absolute atomic E-state index is 12.2. The van der Waals surface area contributed by atoms with Crippen LogP contribution in [0.1, 0.15) is 18.7 Å². The molecule has 0 aliphatic rings. The fourth-order valence-electron chi connectivity index (χ4n) is 2.22. The maximum Gasteiger partial charge on any atom is 0.238 e. The first-order valence-corrected chi connectivity index (χ1v) is 8.79. The van der Waals surface area contributed by atoms with Crippen LogP contribution in [0.15, 0.2) is 36.4 Å². The predicted octanol–water partition coefficient (Wildman–Crippen LogP) is 3.82. The molecule has 0 atom stereocenters. The number of carbonyl (C=O) groups excluding carboxylic acids is 2. The Hall–Kier alpha value is -1.89. The van der Waals surface area contributed by atoms with E-state index in [0.717, 1.165) is 15.8 Å². The third-order valence-corrected chi connectivity index (χ3v) is 4.51. The Labute approximate surface area is 150 Å². The Morgan fingerprint density at radius 1 is 1.17 bits per heavy atom. The molecule has 0 fully saturated rings. The minimum absolute atomic E-state index is 0.0977. The SMILES string of the molecule is CCN(CC(=O)Nc1cccc(NC(C)=O)c1)Cc1ccc(Cl)s1. The lowest BCUT2D eigenvalue weighted by molar-refractivity contribution is -0.117. The molecule has 2 aromatic rings. The normalized spacial score (nSPS) is 10.7. The van der Waals surface area contributed by atoms with Crippen LogP contribution >= 0.6 is 22.9 Å². The summed E-state index contributed by atoms with van der Waals surface area (Å²) in [5.74, 6) is -0.246. The average Bonchev–Trinajstić information content (AvgIpc) is 2.91. The van der Waals surface area contributed by atoms with Crippen LogP contribution in [0.5, 0.6) is 0 Å². The van der Waals surface area contributed by atoms with Crippen molar-refractivity contribution in [3.05, 3.63) is 45.6 Å². The van der Waals surface area contributed by atoms with Gasteiger partial charge in [-0.3, -0.25) is 14.5 Å². The van der Waals surface area contributed by atoms with E-state index in [1.807, 2.05) is 24.0 Å². The highest BCUT2D eigenvalue weighted by Gasteiger charge is 2.11. The fourth-order valence-corrected chi connectivity index (χ4v) is 3.35. The Morgan fingerprint density at radius 2 is 1.88 bits per heavy atom. The second kappa shape index (κ2) is 8.82. The van der Waals surface area contributed by atoms with Gasteiger partial charge >= 0.3 is 0 Å². The first-order valence-electron chi connectivity index (χ1n) is 7.60. The van der Waals surface area contributed by atoms with Gasteiger partial charge in [0.05, 0.1) is 10.9 Å². The number of carbonyl (C=O) groups is 2. The molecule has 1 aromatic carbocycles. The summed E-state index contributed by atoms with van der Waals surface area (Å²) in [6.07, 6.45) is 0. The van der Waals surface area contributed by atoms with E-state index in [2.05, 4.69) is 10.6 Å². The standard InChI is InChI=1S/C17H20ClN3O2S/c1-3-21(10-15-7-8-16(18)24-15)11-17(23)20-14-6-4-5-13(9-14)19-12(2)22/h4-9H,3,10-11H2,1-2H3,(H,19,22)(H,20,23). The molecule has 0 saturated heterocycles. The van der Waals surface area contributed by atoms with Gasteiger partial charge in [-0.1, -0.05) is 24.6 Å². The van der Waals surface area contributed by atoms with Gasteiger partial charge in [0.25, 0.3) is 0 Å². The largest absolute Gasteiger partial charge is 0.326 e. The van der Waals surface area contributed by atoms with E-state index >= 15 is 0 Å².